The molecule has 0 amide bonds. The summed E-state index contributed by atoms with van der Waals surface area (Å²) in [6.07, 6.45) is 0. The summed E-state index contributed by atoms with van der Waals surface area (Å²) >= 11 is 0. The third kappa shape index (κ3) is 2.22. The van der Waals surface area contributed by atoms with Crippen molar-refractivity contribution in [1.82, 2.24) is 0 Å². The average molecular weight is 142 g/mol. The number of ether oxygens (including phenoxy) is 1. The monoisotopic (exact) mass is 142 g/mol. The maximum Gasteiger partial charge on any atom is 0.349 e. The zero-order valence-electron chi connectivity index (χ0n) is 5.40. The van der Waals surface area contributed by atoms with Gasteiger partial charge in [0, 0.05) is 0 Å². The molecule has 5 nitrogen and oxygen atoms in total. The molecular weight excluding hydrogens is 136 g/mol. The van der Waals surface area contributed by atoms with Crippen molar-refractivity contribution in [3.8, 4) is 6.07 Å². The van der Waals surface area contributed by atoms with E-state index in [2.05, 4.69) is 9.91 Å². The van der Waals surface area contributed by atoms with Gasteiger partial charge in [-0.1, -0.05) is 0 Å². The van der Waals surface area contributed by atoms with E-state index >= 15 is 0 Å². The summed E-state index contributed by atoms with van der Waals surface area (Å²) in [5.41, 5.74) is 0. The fourth-order valence-corrected chi connectivity index (χ4v) is 0.341. The molecule has 0 aliphatic rings. The average Bonchev–Trinajstić information content (AvgIpc) is 1.91. The Kier molecular flexibility index (Phi) is 3.80. The third-order valence-electron chi connectivity index (χ3n) is 0.738. The summed E-state index contributed by atoms with van der Waals surface area (Å²) in [5, 5.41) is 10.3. The minimum atomic E-state index is -1.51. The zero-order chi connectivity index (χ0) is 7.98. The smallest absolute Gasteiger partial charge is 0.349 e. The summed E-state index contributed by atoms with van der Waals surface area (Å²) in [5.74, 6) is -0.889. The molecule has 0 fully saturated rings. The Morgan fingerprint density at radius 3 is 2.80 bits per heavy atom. The highest BCUT2D eigenvalue weighted by Crippen LogP contribution is 1.91. The van der Waals surface area contributed by atoms with Gasteiger partial charge in [0.05, 0.1) is 6.61 Å². The van der Waals surface area contributed by atoms with E-state index in [4.69, 9.17) is 5.26 Å². The quantitative estimate of drug-likeness (QED) is 0.416. The molecule has 10 heavy (non-hydrogen) atoms. The normalized spacial score (nSPS) is 11.2. The predicted molar refractivity (Wildman–Crippen MR) is 31.8 cm³/mol. The molecule has 1 atom stereocenters. The fraction of sp³-hybridized carbons (Fsp3) is 0.600. The highest BCUT2D eigenvalue weighted by Gasteiger charge is 2.18. The molecule has 0 aromatic rings. The lowest BCUT2D eigenvalue weighted by molar-refractivity contribution is -0.143. The summed E-state index contributed by atoms with van der Waals surface area (Å²) in [7, 11) is 0. The van der Waals surface area contributed by atoms with Gasteiger partial charge in [0.15, 0.2) is 0 Å². The Morgan fingerprint density at radius 2 is 2.50 bits per heavy atom. The van der Waals surface area contributed by atoms with Gasteiger partial charge >= 0.3 is 5.97 Å². The van der Waals surface area contributed by atoms with Crippen LogP contribution in [0.5, 0.6) is 0 Å². The van der Waals surface area contributed by atoms with Gasteiger partial charge in [0.1, 0.15) is 6.07 Å². The van der Waals surface area contributed by atoms with Gasteiger partial charge in [-0.25, -0.2) is 4.79 Å². The highest BCUT2D eigenvalue weighted by molar-refractivity contribution is 5.78. The van der Waals surface area contributed by atoms with E-state index in [1.807, 2.05) is 0 Å². The maximum atomic E-state index is 10.5. The minimum Gasteiger partial charge on any atom is -0.464 e. The molecule has 0 aromatic carbocycles. The number of rotatable bonds is 3. The van der Waals surface area contributed by atoms with Gasteiger partial charge < -0.3 is 4.74 Å². The number of carbonyl (C=O) groups excluding carboxylic acids is 1. The van der Waals surface area contributed by atoms with E-state index in [9.17, 15) is 9.70 Å². The van der Waals surface area contributed by atoms with Crippen LogP contribution < -0.4 is 0 Å². The molecule has 0 aromatic heterocycles. The number of nitrogens with zero attached hydrogens (tertiary/aromatic N) is 2. The van der Waals surface area contributed by atoms with Gasteiger partial charge in [-0.05, 0) is 12.1 Å². The van der Waals surface area contributed by atoms with Crippen LogP contribution in [0.25, 0.3) is 0 Å². The second kappa shape index (κ2) is 4.44. The molecule has 0 heterocycles. The molecule has 1 unspecified atom stereocenters. The molecule has 0 saturated carbocycles. The second-order valence-corrected chi connectivity index (χ2v) is 1.39. The summed E-state index contributed by atoms with van der Waals surface area (Å²) < 4.78 is 4.33. The standard InChI is InChI=1S/C5H6N2O3/c1-2-10-5(8)4(3-6)7-9/h4H,2H2,1H3. The molecule has 0 saturated heterocycles. The van der Waals surface area contributed by atoms with Gasteiger partial charge in [-0.3, -0.25) is 0 Å². The van der Waals surface area contributed by atoms with Crippen molar-refractivity contribution < 1.29 is 9.53 Å². The van der Waals surface area contributed by atoms with E-state index in [0.717, 1.165) is 0 Å². The molecule has 5 heteroatoms. The number of hydrogen-bond acceptors (Lipinski definition) is 5. The number of nitroso groups, excluding NO2 is 1. The van der Waals surface area contributed by atoms with Crippen molar-refractivity contribution in [3.63, 3.8) is 0 Å². The van der Waals surface area contributed by atoms with Crippen molar-refractivity contribution in [2.45, 2.75) is 13.0 Å². The molecule has 0 rings (SSSR count). The third-order valence-corrected chi connectivity index (χ3v) is 0.738. The predicted octanol–water partition coefficient (Wildman–Crippen LogP) is 0.208. The first-order chi connectivity index (χ1) is 4.76. The van der Waals surface area contributed by atoms with Gasteiger partial charge in [-0.2, -0.15) is 5.26 Å². The van der Waals surface area contributed by atoms with E-state index in [1.54, 1.807) is 6.92 Å². The van der Waals surface area contributed by atoms with Crippen molar-refractivity contribution in [3.05, 3.63) is 4.91 Å². The van der Waals surface area contributed by atoms with Crippen LogP contribution in [-0.2, 0) is 9.53 Å². The lowest BCUT2D eigenvalue weighted by Gasteiger charge is -1.98. The molecule has 0 aliphatic heterocycles. The fourth-order valence-electron chi connectivity index (χ4n) is 0.341. The summed E-state index contributed by atoms with van der Waals surface area (Å²) in [6, 6.07) is -0.131. The van der Waals surface area contributed by atoms with Crippen molar-refractivity contribution in [2.24, 2.45) is 5.18 Å². The zero-order valence-corrected chi connectivity index (χ0v) is 5.40. The van der Waals surface area contributed by atoms with Crippen LogP contribution in [0.3, 0.4) is 0 Å². The lowest BCUT2D eigenvalue weighted by atomic mass is 10.4. The van der Waals surface area contributed by atoms with Crippen molar-refractivity contribution in [2.75, 3.05) is 6.61 Å². The topological polar surface area (TPSA) is 79.5 Å². The number of carbonyl (C=O) groups is 1. The second-order valence-electron chi connectivity index (χ2n) is 1.39. The first kappa shape index (κ1) is 8.56. The Hall–Kier alpha value is -1.44. The highest BCUT2D eigenvalue weighted by atomic mass is 16.5. The molecule has 54 valence electrons. The molecular formula is C5H6N2O3. The van der Waals surface area contributed by atoms with Crippen LogP contribution in [0.15, 0.2) is 5.18 Å². The van der Waals surface area contributed by atoms with Gasteiger partial charge in [0.2, 0.25) is 0 Å². The van der Waals surface area contributed by atoms with Crippen molar-refractivity contribution >= 4 is 5.97 Å². The number of nitriles is 1. The van der Waals surface area contributed by atoms with E-state index < -0.39 is 12.0 Å². The van der Waals surface area contributed by atoms with E-state index in [0.29, 0.717) is 0 Å². The lowest BCUT2D eigenvalue weighted by Crippen LogP contribution is -2.18. The van der Waals surface area contributed by atoms with Gasteiger partial charge in [0.25, 0.3) is 6.04 Å². The molecule has 0 aliphatic carbocycles. The van der Waals surface area contributed by atoms with Crippen LogP contribution in [0, 0.1) is 16.2 Å². The molecule has 0 N–H and O–H groups in total. The molecule has 0 bridgehead atoms. The van der Waals surface area contributed by atoms with Crippen LogP contribution in [0.2, 0.25) is 0 Å². The Labute approximate surface area is 57.6 Å². The van der Waals surface area contributed by atoms with E-state index in [1.165, 1.54) is 6.07 Å². The van der Waals surface area contributed by atoms with Crippen molar-refractivity contribution in [1.29, 1.82) is 5.26 Å². The Balaban J connectivity index is 3.92. The Morgan fingerprint density at radius 1 is 1.90 bits per heavy atom. The first-order valence-electron chi connectivity index (χ1n) is 2.65. The van der Waals surface area contributed by atoms with E-state index in [-0.39, 0.29) is 6.61 Å². The SMILES string of the molecule is CCOC(=O)C(C#N)N=O. The molecule has 0 spiro atoms. The molecule has 0 radical (unpaired) electrons. The first-order valence-corrected chi connectivity index (χ1v) is 2.65. The van der Waals surface area contributed by atoms with Crippen LogP contribution >= 0.6 is 0 Å². The van der Waals surface area contributed by atoms with Crippen LogP contribution in [0.4, 0.5) is 0 Å². The minimum absolute atomic E-state index is 0.145. The number of esters is 1. The number of hydrogen-bond donors (Lipinski definition) is 0. The maximum absolute atomic E-state index is 10.5. The largest absolute Gasteiger partial charge is 0.464 e. The summed E-state index contributed by atoms with van der Waals surface area (Å²) in [6.45, 7) is 1.73. The van der Waals surface area contributed by atoms with Crippen LogP contribution in [-0.4, -0.2) is 18.6 Å². The Bertz CT molecular complexity index is 172. The summed E-state index contributed by atoms with van der Waals surface area (Å²) in [4.78, 5) is 20.1. The van der Waals surface area contributed by atoms with Gasteiger partial charge in [-0.15, -0.1) is 4.91 Å². The van der Waals surface area contributed by atoms with Crippen LogP contribution in [0.1, 0.15) is 6.92 Å².